The second-order valence-corrected chi connectivity index (χ2v) is 5.05. The molecule has 0 saturated carbocycles. The summed E-state index contributed by atoms with van der Waals surface area (Å²) in [4.78, 5) is 24.3. The maximum atomic E-state index is 12.2. The molecule has 5 heteroatoms. The normalized spacial score (nSPS) is 18.2. The molecule has 1 aromatic rings. The summed E-state index contributed by atoms with van der Waals surface area (Å²) in [5.41, 5.74) is 0.651. The Bertz CT molecular complexity index is 499. The van der Waals surface area contributed by atoms with Crippen molar-refractivity contribution in [2.24, 2.45) is 0 Å². The summed E-state index contributed by atoms with van der Waals surface area (Å²) in [6.45, 7) is 2.13. The van der Waals surface area contributed by atoms with Crippen molar-refractivity contribution in [2.45, 2.75) is 13.0 Å². The molecular formula is C14H15NO3S. The van der Waals surface area contributed by atoms with Gasteiger partial charge in [0.1, 0.15) is 6.04 Å². The standard InChI is InChI=1S/C14H15NO3S/c1-2-18-14(17)11-9-19-12(8-15-11)13(16)10-6-4-3-5-7-10/h3-8,11,15H,2,9H2,1H3. The summed E-state index contributed by atoms with van der Waals surface area (Å²) >= 11 is 1.38. The number of hydrogen-bond donors (Lipinski definition) is 1. The second kappa shape index (κ2) is 6.43. The summed E-state index contributed by atoms with van der Waals surface area (Å²) in [6.07, 6.45) is 1.60. The van der Waals surface area contributed by atoms with Gasteiger partial charge in [0, 0.05) is 17.5 Å². The minimum Gasteiger partial charge on any atom is -0.464 e. The lowest BCUT2D eigenvalue weighted by atomic mass is 10.1. The van der Waals surface area contributed by atoms with Crippen molar-refractivity contribution in [3.8, 4) is 0 Å². The van der Waals surface area contributed by atoms with Crippen molar-refractivity contribution in [3.05, 3.63) is 47.0 Å². The number of hydrogen-bond acceptors (Lipinski definition) is 5. The molecule has 1 heterocycles. The van der Waals surface area contributed by atoms with Crippen LogP contribution < -0.4 is 5.32 Å². The van der Waals surface area contributed by atoms with Gasteiger partial charge in [-0.1, -0.05) is 30.3 Å². The third kappa shape index (κ3) is 3.38. The van der Waals surface area contributed by atoms with Crippen molar-refractivity contribution >= 4 is 23.5 Å². The molecule has 1 aromatic carbocycles. The topological polar surface area (TPSA) is 55.4 Å². The average molecular weight is 277 g/mol. The number of carbonyl (C=O) groups is 2. The molecule has 4 nitrogen and oxygen atoms in total. The van der Waals surface area contributed by atoms with Gasteiger partial charge >= 0.3 is 5.97 Å². The summed E-state index contributed by atoms with van der Waals surface area (Å²) in [7, 11) is 0. The van der Waals surface area contributed by atoms with E-state index in [0.29, 0.717) is 22.8 Å². The van der Waals surface area contributed by atoms with Crippen molar-refractivity contribution in [2.75, 3.05) is 12.4 Å². The first-order chi connectivity index (χ1) is 9.22. The third-order valence-electron chi connectivity index (χ3n) is 2.65. The number of ether oxygens (including phenoxy) is 1. The number of carbonyl (C=O) groups excluding carboxylic acids is 2. The van der Waals surface area contributed by atoms with E-state index in [9.17, 15) is 9.59 Å². The van der Waals surface area contributed by atoms with E-state index in [1.54, 1.807) is 25.3 Å². The van der Waals surface area contributed by atoms with E-state index < -0.39 is 0 Å². The Balaban J connectivity index is 2.01. The highest BCUT2D eigenvalue weighted by Crippen LogP contribution is 2.24. The fourth-order valence-corrected chi connectivity index (χ4v) is 2.66. The Labute approximate surface area is 116 Å². The molecule has 0 amide bonds. The number of ketones is 1. The van der Waals surface area contributed by atoms with Gasteiger partial charge in [0.15, 0.2) is 0 Å². The van der Waals surface area contributed by atoms with Gasteiger partial charge in [-0.2, -0.15) is 0 Å². The number of thioether (sulfide) groups is 1. The molecule has 1 N–H and O–H groups in total. The first-order valence-corrected chi connectivity index (χ1v) is 7.06. The van der Waals surface area contributed by atoms with Crippen LogP contribution in [0, 0.1) is 0 Å². The molecule has 0 radical (unpaired) electrons. The minimum atomic E-state index is -0.378. The van der Waals surface area contributed by atoms with E-state index >= 15 is 0 Å². The highest BCUT2D eigenvalue weighted by atomic mass is 32.2. The second-order valence-electron chi connectivity index (χ2n) is 3.99. The predicted octanol–water partition coefficient (Wildman–Crippen LogP) is 1.98. The van der Waals surface area contributed by atoms with Crippen LogP contribution in [0.3, 0.4) is 0 Å². The van der Waals surface area contributed by atoms with E-state index in [2.05, 4.69) is 5.32 Å². The van der Waals surface area contributed by atoms with Crippen molar-refractivity contribution in [1.82, 2.24) is 5.32 Å². The van der Waals surface area contributed by atoms with Crippen LogP contribution in [0.15, 0.2) is 41.4 Å². The van der Waals surface area contributed by atoms with Crippen LogP contribution in [0.1, 0.15) is 17.3 Å². The first-order valence-electron chi connectivity index (χ1n) is 6.07. The number of benzene rings is 1. The predicted molar refractivity (Wildman–Crippen MR) is 74.9 cm³/mol. The van der Waals surface area contributed by atoms with Gasteiger partial charge < -0.3 is 10.1 Å². The average Bonchev–Trinajstić information content (AvgIpc) is 2.48. The Morgan fingerprint density at radius 1 is 1.37 bits per heavy atom. The van der Waals surface area contributed by atoms with Crippen LogP contribution in [-0.4, -0.2) is 30.2 Å². The molecule has 0 aliphatic carbocycles. The number of Topliss-reactive ketones (excluding diaryl/α,β-unsaturated/α-hetero) is 1. The monoisotopic (exact) mass is 277 g/mol. The van der Waals surface area contributed by atoms with E-state index in [1.165, 1.54) is 11.8 Å². The molecule has 0 bridgehead atoms. The quantitative estimate of drug-likeness (QED) is 0.673. The van der Waals surface area contributed by atoms with Crippen LogP contribution in [0.2, 0.25) is 0 Å². The summed E-state index contributed by atoms with van der Waals surface area (Å²) in [5.74, 6) is 0.196. The molecule has 0 fully saturated rings. The first kappa shape index (κ1) is 13.7. The molecule has 2 rings (SSSR count). The van der Waals surface area contributed by atoms with Crippen molar-refractivity contribution < 1.29 is 14.3 Å². The molecule has 1 aliphatic heterocycles. The van der Waals surface area contributed by atoms with Gasteiger partial charge in [0.25, 0.3) is 0 Å². The highest BCUT2D eigenvalue weighted by Gasteiger charge is 2.25. The Morgan fingerprint density at radius 3 is 2.68 bits per heavy atom. The van der Waals surface area contributed by atoms with Crippen LogP contribution in [0.25, 0.3) is 0 Å². The number of nitrogens with one attached hydrogen (secondary N) is 1. The largest absolute Gasteiger partial charge is 0.464 e. The van der Waals surface area contributed by atoms with Crippen molar-refractivity contribution in [3.63, 3.8) is 0 Å². The maximum Gasteiger partial charge on any atom is 0.329 e. The lowest BCUT2D eigenvalue weighted by Crippen LogP contribution is -2.39. The highest BCUT2D eigenvalue weighted by molar-refractivity contribution is 8.04. The Kier molecular flexibility index (Phi) is 4.63. The van der Waals surface area contributed by atoms with Gasteiger partial charge in [-0.25, -0.2) is 4.79 Å². The minimum absolute atomic E-state index is 0.0274. The fourth-order valence-electron chi connectivity index (χ4n) is 1.68. The van der Waals surface area contributed by atoms with E-state index in [0.717, 1.165) is 0 Å². The van der Waals surface area contributed by atoms with Crippen LogP contribution in [0.5, 0.6) is 0 Å². The zero-order valence-electron chi connectivity index (χ0n) is 10.6. The molecule has 0 spiro atoms. The number of allylic oxidation sites excluding steroid dienone is 1. The molecule has 0 aromatic heterocycles. The van der Waals surface area contributed by atoms with Crippen LogP contribution >= 0.6 is 11.8 Å². The van der Waals surface area contributed by atoms with E-state index in [1.807, 2.05) is 18.2 Å². The molecule has 1 atom stereocenters. The molecular weight excluding hydrogens is 262 g/mol. The van der Waals surface area contributed by atoms with Crippen LogP contribution in [-0.2, 0) is 9.53 Å². The fraction of sp³-hybridized carbons (Fsp3) is 0.286. The molecule has 0 saturated heterocycles. The Morgan fingerprint density at radius 2 is 2.11 bits per heavy atom. The Hall–Kier alpha value is -1.75. The molecule has 19 heavy (non-hydrogen) atoms. The lowest BCUT2D eigenvalue weighted by molar-refractivity contribution is -0.144. The van der Waals surface area contributed by atoms with Gasteiger partial charge in [0.2, 0.25) is 5.78 Å². The van der Waals surface area contributed by atoms with Gasteiger partial charge in [-0.3, -0.25) is 4.79 Å². The van der Waals surface area contributed by atoms with E-state index in [-0.39, 0.29) is 17.8 Å². The SMILES string of the molecule is CCOC(=O)C1CSC(C(=O)c2ccccc2)=CN1. The lowest BCUT2D eigenvalue weighted by Gasteiger charge is -2.21. The molecule has 1 unspecified atom stereocenters. The zero-order chi connectivity index (χ0) is 13.7. The zero-order valence-corrected chi connectivity index (χ0v) is 11.4. The van der Waals surface area contributed by atoms with Crippen molar-refractivity contribution in [1.29, 1.82) is 0 Å². The van der Waals surface area contributed by atoms with Gasteiger partial charge in [-0.15, -0.1) is 11.8 Å². The molecule has 100 valence electrons. The molecule has 1 aliphatic rings. The summed E-state index contributed by atoms with van der Waals surface area (Å²) < 4.78 is 4.93. The summed E-state index contributed by atoms with van der Waals surface area (Å²) in [5, 5.41) is 2.93. The number of rotatable bonds is 4. The smallest absolute Gasteiger partial charge is 0.329 e. The number of esters is 1. The van der Waals surface area contributed by atoms with Crippen LogP contribution in [0.4, 0.5) is 0 Å². The summed E-state index contributed by atoms with van der Waals surface area (Å²) in [6, 6.07) is 8.71. The maximum absolute atomic E-state index is 12.2. The van der Waals surface area contributed by atoms with Gasteiger partial charge in [-0.05, 0) is 6.92 Å². The van der Waals surface area contributed by atoms with E-state index in [4.69, 9.17) is 4.74 Å². The van der Waals surface area contributed by atoms with Gasteiger partial charge in [0.05, 0.1) is 11.5 Å². The third-order valence-corrected chi connectivity index (χ3v) is 3.77.